The number of ether oxygens (including phenoxy) is 1. The second-order valence-electron chi connectivity index (χ2n) is 5.50. The molecule has 1 aromatic rings. The van der Waals surface area contributed by atoms with Crippen molar-refractivity contribution in [2.45, 2.75) is 19.4 Å². The van der Waals surface area contributed by atoms with Crippen molar-refractivity contribution in [3.05, 3.63) is 23.9 Å². The lowest BCUT2D eigenvalue weighted by molar-refractivity contribution is 0.0869. The lowest BCUT2D eigenvalue weighted by atomic mass is 10.1. The molecule has 110 valence electrons. The topological polar surface area (TPSA) is 74.7 Å². The van der Waals surface area contributed by atoms with Gasteiger partial charge in [-0.15, -0.1) is 0 Å². The highest BCUT2D eigenvalue weighted by Crippen LogP contribution is 2.15. The number of aliphatic hydroxyl groups is 1. The fourth-order valence-corrected chi connectivity index (χ4v) is 1.94. The van der Waals surface area contributed by atoms with Gasteiger partial charge >= 0.3 is 0 Å². The first-order valence-electron chi connectivity index (χ1n) is 6.74. The van der Waals surface area contributed by atoms with Gasteiger partial charge in [-0.3, -0.25) is 4.79 Å². The van der Waals surface area contributed by atoms with Crippen LogP contribution in [-0.2, 0) is 4.74 Å². The van der Waals surface area contributed by atoms with E-state index in [4.69, 9.17) is 4.74 Å². The van der Waals surface area contributed by atoms with E-state index < -0.39 is 5.54 Å². The standard InChI is InChI=1S/C14H21N3O3/c1-14(2,10-18)16-13(19)11-3-4-15-12(9-11)17-5-7-20-8-6-17/h3-4,9,18H,5-8,10H2,1-2H3,(H,16,19). The van der Waals surface area contributed by atoms with Crippen LogP contribution in [0.1, 0.15) is 24.2 Å². The van der Waals surface area contributed by atoms with Gasteiger partial charge in [-0.05, 0) is 26.0 Å². The van der Waals surface area contributed by atoms with E-state index in [1.54, 1.807) is 32.2 Å². The number of rotatable bonds is 4. The molecule has 6 nitrogen and oxygen atoms in total. The quantitative estimate of drug-likeness (QED) is 0.835. The molecule has 1 aromatic heterocycles. The Labute approximate surface area is 118 Å². The molecule has 0 unspecified atom stereocenters. The molecule has 0 spiro atoms. The highest BCUT2D eigenvalue weighted by Gasteiger charge is 2.21. The summed E-state index contributed by atoms with van der Waals surface area (Å²) in [4.78, 5) is 18.6. The van der Waals surface area contributed by atoms with Gasteiger partial charge in [0.05, 0.1) is 25.4 Å². The normalized spacial score (nSPS) is 16.1. The minimum absolute atomic E-state index is 0.111. The van der Waals surface area contributed by atoms with E-state index in [0.717, 1.165) is 18.9 Å². The van der Waals surface area contributed by atoms with Crippen LogP contribution in [0.15, 0.2) is 18.3 Å². The first-order chi connectivity index (χ1) is 9.52. The molecule has 2 rings (SSSR count). The smallest absolute Gasteiger partial charge is 0.251 e. The molecule has 1 fully saturated rings. The molecule has 1 amide bonds. The Balaban J connectivity index is 2.10. The van der Waals surface area contributed by atoms with Crippen molar-refractivity contribution in [3.8, 4) is 0 Å². The zero-order valence-corrected chi connectivity index (χ0v) is 11.9. The highest BCUT2D eigenvalue weighted by atomic mass is 16.5. The second kappa shape index (κ2) is 6.19. The molecule has 1 aliphatic heterocycles. The van der Waals surface area contributed by atoms with Gasteiger partial charge in [-0.25, -0.2) is 4.98 Å². The van der Waals surface area contributed by atoms with Gasteiger partial charge < -0.3 is 20.1 Å². The van der Waals surface area contributed by atoms with E-state index in [9.17, 15) is 9.90 Å². The summed E-state index contributed by atoms with van der Waals surface area (Å²) in [5, 5.41) is 12.0. The molecule has 6 heteroatoms. The third-order valence-corrected chi connectivity index (χ3v) is 3.19. The maximum absolute atomic E-state index is 12.2. The van der Waals surface area contributed by atoms with Crippen LogP contribution in [0.4, 0.5) is 5.82 Å². The molecular weight excluding hydrogens is 258 g/mol. The predicted molar refractivity (Wildman–Crippen MR) is 75.9 cm³/mol. The zero-order chi connectivity index (χ0) is 14.6. The third kappa shape index (κ3) is 3.68. The number of aliphatic hydroxyl groups excluding tert-OH is 1. The highest BCUT2D eigenvalue weighted by molar-refractivity contribution is 5.95. The number of carbonyl (C=O) groups is 1. The Morgan fingerprint density at radius 1 is 1.50 bits per heavy atom. The number of hydrogen-bond donors (Lipinski definition) is 2. The SMILES string of the molecule is CC(C)(CO)NC(=O)c1ccnc(N2CCOCC2)c1. The number of nitrogens with zero attached hydrogens (tertiary/aromatic N) is 2. The lowest BCUT2D eigenvalue weighted by Crippen LogP contribution is -2.46. The molecule has 1 saturated heterocycles. The molecule has 20 heavy (non-hydrogen) atoms. The van der Waals surface area contributed by atoms with Gasteiger partial charge in [0, 0.05) is 24.8 Å². The summed E-state index contributed by atoms with van der Waals surface area (Å²) in [5.41, 5.74) is -0.0949. The summed E-state index contributed by atoms with van der Waals surface area (Å²) < 4.78 is 5.30. The van der Waals surface area contributed by atoms with Crippen molar-refractivity contribution >= 4 is 11.7 Å². The van der Waals surface area contributed by atoms with E-state index in [-0.39, 0.29) is 12.5 Å². The summed E-state index contributed by atoms with van der Waals surface area (Å²) >= 11 is 0. The number of carbonyl (C=O) groups excluding carboxylic acids is 1. The third-order valence-electron chi connectivity index (χ3n) is 3.19. The number of nitrogens with one attached hydrogen (secondary N) is 1. The Morgan fingerprint density at radius 2 is 2.20 bits per heavy atom. The van der Waals surface area contributed by atoms with Crippen LogP contribution in [0, 0.1) is 0 Å². The van der Waals surface area contributed by atoms with Gasteiger partial charge in [0.25, 0.3) is 5.91 Å². The lowest BCUT2D eigenvalue weighted by Gasteiger charge is -2.28. The van der Waals surface area contributed by atoms with Gasteiger partial charge in [-0.1, -0.05) is 0 Å². The van der Waals surface area contributed by atoms with Crippen molar-refractivity contribution in [1.82, 2.24) is 10.3 Å². The van der Waals surface area contributed by atoms with Crippen molar-refractivity contribution in [1.29, 1.82) is 0 Å². The zero-order valence-electron chi connectivity index (χ0n) is 11.9. The molecule has 0 bridgehead atoms. The molecule has 0 aromatic carbocycles. The Morgan fingerprint density at radius 3 is 2.85 bits per heavy atom. The van der Waals surface area contributed by atoms with E-state index in [1.807, 2.05) is 0 Å². The van der Waals surface area contributed by atoms with Gasteiger partial charge in [0.15, 0.2) is 0 Å². The molecule has 0 saturated carbocycles. The number of anilines is 1. The molecule has 1 aliphatic rings. The minimum atomic E-state index is -0.639. The van der Waals surface area contributed by atoms with Crippen molar-refractivity contribution in [2.75, 3.05) is 37.8 Å². The van der Waals surface area contributed by atoms with Crippen LogP contribution >= 0.6 is 0 Å². The van der Waals surface area contributed by atoms with Crippen molar-refractivity contribution < 1.29 is 14.6 Å². The number of amides is 1. The predicted octanol–water partition coefficient (Wildman–Crippen LogP) is 0.419. The van der Waals surface area contributed by atoms with Crippen LogP contribution in [-0.4, -0.2) is 54.4 Å². The van der Waals surface area contributed by atoms with Gasteiger partial charge in [-0.2, -0.15) is 0 Å². The maximum atomic E-state index is 12.2. The molecule has 2 N–H and O–H groups in total. The largest absolute Gasteiger partial charge is 0.394 e. The van der Waals surface area contributed by atoms with E-state index in [1.165, 1.54) is 0 Å². The monoisotopic (exact) mass is 279 g/mol. The van der Waals surface area contributed by atoms with E-state index in [2.05, 4.69) is 15.2 Å². The summed E-state index contributed by atoms with van der Waals surface area (Å²) in [7, 11) is 0. The molecular formula is C14H21N3O3. The van der Waals surface area contributed by atoms with Gasteiger partial charge in [0.2, 0.25) is 0 Å². The fraction of sp³-hybridized carbons (Fsp3) is 0.571. The second-order valence-corrected chi connectivity index (χ2v) is 5.50. The van der Waals surface area contributed by atoms with Crippen LogP contribution in [0.3, 0.4) is 0 Å². The Kier molecular flexibility index (Phi) is 4.57. The number of morpholine rings is 1. The first-order valence-corrected chi connectivity index (χ1v) is 6.74. The van der Waals surface area contributed by atoms with Crippen molar-refractivity contribution in [3.63, 3.8) is 0 Å². The number of aromatic nitrogens is 1. The number of pyridine rings is 1. The molecule has 0 atom stereocenters. The average molecular weight is 279 g/mol. The summed E-state index contributed by atoms with van der Waals surface area (Å²) in [6.45, 7) is 6.34. The molecule has 0 radical (unpaired) electrons. The van der Waals surface area contributed by atoms with Crippen molar-refractivity contribution in [2.24, 2.45) is 0 Å². The average Bonchev–Trinajstić information content (AvgIpc) is 2.48. The van der Waals surface area contributed by atoms with Gasteiger partial charge in [0.1, 0.15) is 5.82 Å². The Bertz CT molecular complexity index is 470. The molecule has 0 aliphatic carbocycles. The van der Waals surface area contributed by atoms with Crippen LogP contribution < -0.4 is 10.2 Å². The minimum Gasteiger partial charge on any atom is -0.394 e. The first kappa shape index (κ1) is 14.7. The fourth-order valence-electron chi connectivity index (χ4n) is 1.94. The summed E-state index contributed by atoms with van der Waals surface area (Å²) in [6, 6.07) is 3.45. The summed E-state index contributed by atoms with van der Waals surface area (Å²) in [5.74, 6) is 0.573. The maximum Gasteiger partial charge on any atom is 0.251 e. The van der Waals surface area contributed by atoms with Crippen LogP contribution in [0.25, 0.3) is 0 Å². The van der Waals surface area contributed by atoms with E-state index >= 15 is 0 Å². The van der Waals surface area contributed by atoms with E-state index in [0.29, 0.717) is 18.8 Å². The molecule has 2 heterocycles. The summed E-state index contributed by atoms with van der Waals surface area (Å²) in [6.07, 6.45) is 1.63. The van der Waals surface area contributed by atoms with Crippen LogP contribution in [0.2, 0.25) is 0 Å². The number of hydrogen-bond acceptors (Lipinski definition) is 5. The van der Waals surface area contributed by atoms with Crippen LogP contribution in [0.5, 0.6) is 0 Å². The Hall–Kier alpha value is -1.66.